The third-order valence-corrected chi connectivity index (χ3v) is 3.33. The van der Waals surface area contributed by atoms with E-state index in [1.165, 1.54) is 12.1 Å². The van der Waals surface area contributed by atoms with E-state index in [1.807, 2.05) is 0 Å². The summed E-state index contributed by atoms with van der Waals surface area (Å²) in [5.74, 6) is -0.624. The van der Waals surface area contributed by atoms with Crippen LogP contribution in [0.3, 0.4) is 0 Å². The fourth-order valence-electron chi connectivity index (χ4n) is 2.12. The highest BCUT2D eigenvalue weighted by atomic mass is 19.4. The van der Waals surface area contributed by atoms with Crippen LogP contribution in [-0.4, -0.2) is 9.97 Å². The van der Waals surface area contributed by atoms with Gasteiger partial charge in [0.2, 0.25) is 0 Å². The molecule has 2 N–H and O–H groups in total. The third kappa shape index (κ3) is 3.34. The first-order valence-corrected chi connectivity index (χ1v) is 6.91. The minimum Gasteiger partial charge on any atom is -0.399 e. The number of hydrogen-bond donors (Lipinski definition) is 1. The zero-order chi connectivity index (χ0) is 17.3. The zero-order valence-electron chi connectivity index (χ0n) is 12.2. The maximum Gasteiger partial charge on any atom is 0.433 e. The van der Waals surface area contributed by atoms with E-state index in [0.717, 1.165) is 18.2 Å². The lowest BCUT2D eigenvalue weighted by Crippen LogP contribution is -2.10. The topological polar surface area (TPSA) is 51.8 Å². The van der Waals surface area contributed by atoms with Crippen LogP contribution in [-0.2, 0) is 6.18 Å². The molecule has 3 aromatic rings. The van der Waals surface area contributed by atoms with Gasteiger partial charge in [-0.2, -0.15) is 13.2 Å². The summed E-state index contributed by atoms with van der Waals surface area (Å²) in [5, 5.41) is 0. The maximum atomic E-state index is 13.1. The molecular weight excluding hydrogens is 322 g/mol. The van der Waals surface area contributed by atoms with Crippen molar-refractivity contribution in [1.82, 2.24) is 9.97 Å². The molecule has 1 heterocycles. The Labute approximate surface area is 134 Å². The summed E-state index contributed by atoms with van der Waals surface area (Å²) in [5.41, 5.74) is 5.88. The minimum atomic E-state index is -4.62. The average molecular weight is 333 g/mol. The third-order valence-electron chi connectivity index (χ3n) is 3.33. The molecule has 0 amide bonds. The number of alkyl halides is 3. The number of nitrogens with zero attached hydrogens (tertiary/aromatic N) is 2. The molecule has 0 atom stereocenters. The Balaban J connectivity index is 2.17. The Morgan fingerprint density at radius 3 is 1.96 bits per heavy atom. The lowest BCUT2D eigenvalue weighted by Gasteiger charge is -2.11. The van der Waals surface area contributed by atoms with Crippen LogP contribution in [0.15, 0.2) is 54.6 Å². The summed E-state index contributed by atoms with van der Waals surface area (Å²) in [6.45, 7) is 0. The first-order valence-electron chi connectivity index (χ1n) is 6.91. The Hall–Kier alpha value is -2.96. The zero-order valence-corrected chi connectivity index (χ0v) is 12.2. The number of aromatic nitrogens is 2. The van der Waals surface area contributed by atoms with Gasteiger partial charge in [0.05, 0.1) is 5.69 Å². The molecule has 24 heavy (non-hydrogen) atoms. The van der Waals surface area contributed by atoms with Crippen LogP contribution in [0.5, 0.6) is 0 Å². The molecule has 7 heteroatoms. The van der Waals surface area contributed by atoms with Crippen LogP contribution in [0, 0.1) is 5.82 Å². The molecule has 0 unspecified atom stereocenters. The molecule has 0 spiro atoms. The van der Waals surface area contributed by atoms with Gasteiger partial charge in [-0.3, -0.25) is 0 Å². The van der Waals surface area contributed by atoms with Crippen molar-refractivity contribution in [2.75, 3.05) is 5.73 Å². The normalized spacial score (nSPS) is 11.5. The van der Waals surface area contributed by atoms with Crippen molar-refractivity contribution in [1.29, 1.82) is 0 Å². The second-order valence-corrected chi connectivity index (χ2v) is 5.09. The minimum absolute atomic E-state index is 0.108. The van der Waals surface area contributed by atoms with Gasteiger partial charge in [0.1, 0.15) is 11.5 Å². The second kappa shape index (κ2) is 5.92. The van der Waals surface area contributed by atoms with Gasteiger partial charge in [-0.05, 0) is 42.5 Å². The van der Waals surface area contributed by atoms with Crippen LogP contribution in [0.2, 0.25) is 0 Å². The first kappa shape index (κ1) is 15.9. The molecule has 0 fully saturated rings. The largest absolute Gasteiger partial charge is 0.433 e. The number of rotatable bonds is 2. The van der Waals surface area contributed by atoms with Crippen molar-refractivity contribution in [2.24, 2.45) is 0 Å². The standard InChI is InChI=1S/C17H11F4N3/c18-12-5-1-11(2-6-12)16-23-14(9-15(24-16)17(19,20)21)10-3-7-13(22)8-4-10/h1-9H,22H2. The van der Waals surface area contributed by atoms with Crippen LogP contribution in [0.4, 0.5) is 23.2 Å². The molecule has 0 saturated carbocycles. The molecule has 0 radical (unpaired) electrons. The lowest BCUT2D eigenvalue weighted by molar-refractivity contribution is -0.141. The van der Waals surface area contributed by atoms with Gasteiger partial charge in [0.25, 0.3) is 0 Å². The number of benzene rings is 2. The van der Waals surface area contributed by atoms with Crippen LogP contribution >= 0.6 is 0 Å². The predicted molar refractivity (Wildman–Crippen MR) is 82.3 cm³/mol. The number of nitrogen functional groups attached to an aromatic ring is 1. The Kier molecular flexibility index (Phi) is 3.92. The number of halogens is 4. The van der Waals surface area contributed by atoms with Gasteiger partial charge < -0.3 is 5.73 Å². The predicted octanol–water partition coefficient (Wildman–Crippen LogP) is 4.55. The maximum absolute atomic E-state index is 13.1. The fraction of sp³-hybridized carbons (Fsp3) is 0.0588. The Morgan fingerprint density at radius 1 is 0.792 bits per heavy atom. The molecule has 1 aromatic heterocycles. The highest BCUT2D eigenvalue weighted by molar-refractivity contribution is 5.66. The quantitative estimate of drug-likeness (QED) is 0.553. The molecule has 0 aliphatic rings. The van der Waals surface area contributed by atoms with Gasteiger partial charge in [-0.1, -0.05) is 12.1 Å². The summed E-state index contributed by atoms with van der Waals surface area (Å²) >= 11 is 0. The highest BCUT2D eigenvalue weighted by Crippen LogP contribution is 2.32. The van der Waals surface area contributed by atoms with Gasteiger partial charge >= 0.3 is 6.18 Å². The van der Waals surface area contributed by atoms with Crippen molar-refractivity contribution in [3.8, 4) is 22.6 Å². The monoisotopic (exact) mass is 333 g/mol. The van der Waals surface area contributed by atoms with Gasteiger partial charge in [0, 0.05) is 16.8 Å². The van der Waals surface area contributed by atoms with Crippen molar-refractivity contribution in [3.63, 3.8) is 0 Å². The molecule has 122 valence electrons. The first-order chi connectivity index (χ1) is 11.3. The smallest absolute Gasteiger partial charge is 0.399 e. The molecular formula is C17H11F4N3. The van der Waals surface area contributed by atoms with E-state index < -0.39 is 17.7 Å². The van der Waals surface area contributed by atoms with E-state index in [0.29, 0.717) is 16.8 Å². The van der Waals surface area contributed by atoms with E-state index >= 15 is 0 Å². The molecule has 2 aromatic carbocycles. The summed E-state index contributed by atoms with van der Waals surface area (Å²) in [6, 6.07) is 12.1. The average Bonchev–Trinajstić information content (AvgIpc) is 2.55. The van der Waals surface area contributed by atoms with E-state index in [4.69, 9.17) is 5.73 Å². The highest BCUT2D eigenvalue weighted by Gasteiger charge is 2.33. The molecule has 0 aliphatic heterocycles. The summed E-state index contributed by atoms with van der Waals surface area (Å²) in [6.07, 6.45) is -4.62. The van der Waals surface area contributed by atoms with Gasteiger partial charge in [-0.15, -0.1) is 0 Å². The van der Waals surface area contributed by atoms with E-state index in [1.54, 1.807) is 24.3 Å². The SMILES string of the molecule is Nc1ccc(-c2cc(C(F)(F)F)nc(-c3ccc(F)cc3)n2)cc1. The second-order valence-electron chi connectivity index (χ2n) is 5.09. The Bertz CT molecular complexity index is 793. The number of nitrogens with two attached hydrogens (primary N) is 1. The molecule has 0 aliphatic carbocycles. The van der Waals surface area contributed by atoms with Crippen LogP contribution in [0.25, 0.3) is 22.6 Å². The van der Waals surface area contributed by atoms with E-state index in [9.17, 15) is 17.6 Å². The van der Waals surface area contributed by atoms with Crippen molar-refractivity contribution in [2.45, 2.75) is 6.18 Å². The van der Waals surface area contributed by atoms with E-state index in [-0.39, 0.29) is 11.5 Å². The van der Waals surface area contributed by atoms with Crippen LogP contribution < -0.4 is 5.73 Å². The summed E-state index contributed by atoms with van der Waals surface area (Å²) in [4.78, 5) is 7.74. The number of anilines is 1. The van der Waals surface area contributed by atoms with Gasteiger partial charge in [-0.25, -0.2) is 14.4 Å². The van der Waals surface area contributed by atoms with Gasteiger partial charge in [0.15, 0.2) is 5.82 Å². The Morgan fingerprint density at radius 2 is 1.38 bits per heavy atom. The molecule has 3 nitrogen and oxygen atoms in total. The molecule has 3 rings (SSSR count). The molecule has 0 saturated heterocycles. The van der Waals surface area contributed by atoms with Crippen molar-refractivity contribution >= 4 is 5.69 Å². The van der Waals surface area contributed by atoms with Crippen molar-refractivity contribution < 1.29 is 17.6 Å². The lowest BCUT2D eigenvalue weighted by atomic mass is 10.1. The number of hydrogen-bond acceptors (Lipinski definition) is 3. The summed E-state index contributed by atoms with van der Waals surface area (Å²) in [7, 11) is 0. The molecule has 0 bridgehead atoms. The fourth-order valence-corrected chi connectivity index (χ4v) is 2.12. The van der Waals surface area contributed by atoms with Crippen LogP contribution in [0.1, 0.15) is 5.69 Å². The summed E-state index contributed by atoms with van der Waals surface area (Å²) < 4.78 is 52.4. The van der Waals surface area contributed by atoms with E-state index in [2.05, 4.69) is 9.97 Å². The van der Waals surface area contributed by atoms with Crippen molar-refractivity contribution in [3.05, 3.63) is 66.1 Å².